The molecule has 0 aliphatic carbocycles. The summed E-state index contributed by atoms with van der Waals surface area (Å²) < 4.78 is 10.7. The molecule has 1 aliphatic heterocycles. The van der Waals surface area contributed by atoms with Gasteiger partial charge in [0.1, 0.15) is 12.4 Å². The second-order valence-corrected chi connectivity index (χ2v) is 6.17. The number of nitrogens with zero attached hydrogens (tertiary/aromatic N) is 1. The van der Waals surface area contributed by atoms with Gasteiger partial charge in [-0.05, 0) is 24.6 Å². The number of hydrogen-bond acceptors (Lipinski definition) is 4. The summed E-state index contributed by atoms with van der Waals surface area (Å²) >= 11 is 0. The van der Waals surface area contributed by atoms with Gasteiger partial charge in [0.05, 0.1) is 18.7 Å². The van der Waals surface area contributed by atoms with Crippen molar-refractivity contribution >= 4 is 17.6 Å². The number of carbonyl (C=O) groups is 2. The molecule has 1 atom stereocenters. The summed E-state index contributed by atoms with van der Waals surface area (Å²) in [6, 6.07) is 15.1. The van der Waals surface area contributed by atoms with E-state index in [1.54, 1.807) is 18.1 Å². The molecular formula is C20H21NO4. The summed E-state index contributed by atoms with van der Waals surface area (Å²) in [6.45, 7) is 2.54. The zero-order valence-electron chi connectivity index (χ0n) is 14.4. The van der Waals surface area contributed by atoms with Crippen LogP contribution in [0.15, 0.2) is 48.5 Å². The van der Waals surface area contributed by atoms with E-state index in [-0.39, 0.29) is 24.9 Å². The van der Waals surface area contributed by atoms with Crippen LogP contribution >= 0.6 is 0 Å². The molecule has 5 nitrogen and oxygen atoms in total. The van der Waals surface area contributed by atoms with E-state index in [0.717, 1.165) is 11.1 Å². The number of hydrogen-bond donors (Lipinski definition) is 0. The van der Waals surface area contributed by atoms with Crippen molar-refractivity contribution in [3.63, 3.8) is 0 Å². The van der Waals surface area contributed by atoms with Crippen molar-refractivity contribution in [2.45, 2.75) is 20.0 Å². The summed E-state index contributed by atoms with van der Waals surface area (Å²) in [6.07, 6.45) is 0.158. The van der Waals surface area contributed by atoms with Gasteiger partial charge in [0.25, 0.3) is 0 Å². The van der Waals surface area contributed by atoms with E-state index in [2.05, 4.69) is 0 Å². The summed E-state index contributed by atoms with van der Waals surface area (Å²) in [5.74, 6) is -0.277. The number of rotatable bonds is 5. The Kier molecular flexibility index (Phi) is 5.03. The van der Waals surface area contributed by atoms with E-state index < -0.39 is 5.92 Å². The Balaban J connectivity index is 1.63. The zero-order chi connectivity index (χ0) is 17.8. The van der Waals surface area contributed by atoms with Crippen molar-refractivity contribution in [1.82, 2.24) is 0 Å². The van der Waals surface area contributed by atoms with Crippen LogP contribution in [0.3, 0.4) is 0 Å². The van der Waals surface area contributed by atoms with E-state index in [1.165, 1.54) is 0 Å². The fraction of sp³-hybridized carbons (Fsp3) is 0.300. The second kappa shape index (κ2) is 7.38. The number of amides is 1. The summed E-state index contributed by atoms with van der Waals surface area (Å²) in [5.41, 5.74) is 2.78. The Bertz CT molecular complexity index is 770. The molecule has 0 bridgehead atoms. The molecule has 1 amide bonds. The summed E-state index contributed by atoms with van der Waals surface area (Å²) in [5, 5.41) is 0. The molecule has 130 valence electrons. The van der Waals surface area contributed by atoms with E-state index >= 15 is 0 Å². The van der Waals surface area contributed by atoms with Crippen LogP contribution in [0, 0.1) is 12.8 Å². The lowest BCUT2D eigenvalue weighted by molar-refractivity contribution is -0.149. The molecule has 1 saturated heterocycles. The monoisotopic (exact) mass is 339 g/mol. The summed E-state index contributed by atoms with van der Waals surface area (Å²) in [4.78, 5) is 26.3. The van der Waals surface area contributed by atoms with Crippen LogP contribution < -0.4 is 9.64 Å². The van der Waals surface area contributed by atoms with Gasteiger partial charge in [-0.1, -0.05) is 42.0 Å². The Hall–Kier alpha value is -2.82. The topological polar surface area (TPSA) is 55.8 Å². The van der Waals surface area contributed by atoms with Crippen LogP contribution in [0.4, 0.5) is 5.69 Å². The highest BCUT2D eigenvalue weighted by Gasteiger charge is 2.37. The number of aryl methyl sites for hydroxylation is 1. The van der Waals surface area contributed by atoms with Crippen molar-refractivity contribution in [2.75, 3.05) is 18.6 Å². The number of esters is 1. The van der Waals surface area contributed by atoms with Gasteiger partial charge < -0.3 is 14.4 Å². The molecule has 1 aliphatic rings. The van der Waals surface area contributed by atoms with E-state index in [4.69, 9.17) is 9.47 Å². The third-order valence-corrected chi connectivity index (χ3v) is 4.34. The average Bonchev–Trinajstić information content (AvgIpc) is 3.02. The molecule has 1 fully saturated rings. The van der Waals surface area contributed by atoms with Crippen LogP contribution in [0.25, 0.3) is 0 Å². The standard InChI is InChI=1S/C20H21NO4/c1-14-7-9-15(10-8-14)13-25-20(23)16-11-19(22)21(12-16)17-5-3-4-6-18(17)24-2/h3-10,16H,11-13H2,1-2H3/t16-/m0/s1. The molecule has 25 heavy (non-hydrogen) atoms. The van der Waals surface area contributed by atoms with Gasteiger partial charge in [-0.25, -0.2) is 0 Å². The molecule has 0 spiro atoms. The number of benzene rings is 2. The highest BCUT2D eigenvalue weighted by Crippen LogP contribution is 2.33. The van der Waals surface area contributed by atoms with E-state index in [9.17, 15) is 9.59 Å². The lowest BCUT2D eigenvalue weighted by atomic mass is 10.1. The molecule has 5 heteroatoms. The smallest absolute Gasteiger partial charge is 0.311 e. The number of ether oxygens (including phenoxy) is 2. The highest BCUT2D eigenvalue weighted by molar-refractivity contribution is 6.00. The second-order valence-electron chi connectivity index (χ2n) is 6.17. The Morgan fingerprint density at radius 3 is 2.60 bits per heavy atom. The SMILES string of the molecule is COc1ccccc1N1C[C@@H](C(=O)OCc2ccc(C)cc2)CC1=O. The minimum absolute atomic E-state index is 0.0956. The molecule has 0 N–H and O–H groups in total. The Labute approximate surface area is 147 Å². The van der Waals surface area contributed by atoms with E-state index in [1.807, 2.05) is 49.4 Å². The zero-order valence-corrected chi connectivity index (χ0v) is 14.4. The Morgan fingerprint density at radius 1 is 1.16 bits per heavy atom. The molecule has 0 saturated carbocycles. The highest BCUT2D eigenvalue weighted by atomic mass is 16.5. The van der Waals surface area contributed by atoms with Gasteiger partial charge in [0, 0.05) is 13.0 Å². The minimum atomic E-state index is -0.456. The average molecular weight is 339 g/mol. The lowest BCUT2D eigenvalue weighted by Gasteiger charge is -2.19. The van der Waals surface area contributed by atoms with Gasteiger partial charge in [-0.3, -0.25) is 9.59 Å². The van der Waals surface area contributed by atoms with Crippen LogP contribution in [0.5, 0.6) is 5.75 Å². The van der Waals surface area contributed by atoms with Gasteiger partial charge in [-0.2, -0.15) is 0 Å². The van der Waals surface area contributed by atoms with Gasteiger partial charge in [0.15, 0.2) is 0 Å². The quantitative estimate of drug-likeness (QED) is 0.786. The largest absolute Gasteiger partial charge is 0.495 e. The normalized spacial score (nSPS) is 16.8. The molecule has 0 unspecified atom stereocenters. The first-order valence-electron chi connectivity index (χ1n) is 8.24. The summed E-state index contributed by atoms with van der Waals surface area (Å²) in [7, 11) is 1.56. The van der Waals surface area contributed by atoms with Gasteiger partial charge in [0.2, 0.25) is 5.91 Å². The van der Waals surface area contributed by atoms with Gasteiger partial charge in [-0.15, -0.1) is 0 Å². The third-order valence-electron chi connectivity index (χ3n) is 4.34. The van der Waals surface area contributed by atoms with Crippen molar-refractivity contribution in [3.05, 3.63) is 59.7 Å². The number of para-hydroxylation sites is 2. The number of methoxy groups -OCH3 is 1. The molecular weight excluding hydrogens is 318 g/mol. The van der Waals surface area contributed by atoms with Crippen LogP contribution in [0.1, 0.15) is 17.5 Å². The molecule has 2 aromatic rings. The first kappa shape index (κ1) is 17.0. The third kappa shape index (κ3) is 3.82. The maximum atomic E-state index is 12.3. The molecule has 0 aromatic heterocycles. The first-order chi connectivity index (χ1) is 12.1. The van der Waals surface area contributed by atoms with Crippen molar-refractivity contribution in [2.24, 2.45) is 5.92 Å². The fourth-order valence-corrected chi connectivity index (χ4v) is 2.91. The minimum Gasteiger partial charge on any atom is -0.495 e. The maximum absolute atomic E-state index is 12.3. The maximum Gasteiger partial charge on any atom is 0.311 e. The van der Waals surface area contributed by atoms with Gasteiger partial charge >= 0.3 is 5.97 Å². The van der Waals surface area contributed by atoms with Crippen LogP contribution in [-0.2, 0) is 20.9 Å². The van der Waals surface area contributed by atoms with Crippen molar-refractivity contribution in [3.8, 4) is 5.75 Å². The predicted octanol–water partition coefficient (Wildman–Crippen LogP) is 3.10. The lowest BCUT2D eigenvalue weighted by Crippen LogP contribution is -2.26. The van der Waals surface area contributed by atoms with E-state index in [0.29, 0.717) is 18.0 Å². The first-order valence-corrected chi connectivity index (χ1v) is 8.24. The Morgan fingerprint density at radius 2 is 1.88 bits per heavy atom. The molecule has 1 heterocycles. The molecule has 2 aromatic carbocycles. The fourth-order valence-electron chi connectivity index (χ4n) is 2.91. The van der Waals surface area contributed by atoms with Crippen molar-refractivity contribution < 1.29 is 19.1 Å². The molecule has 3 rings (SSSR count). The molecule has 0 radical (unpaired) electrons. The van der Waals surface area contributed by atoms with Crippen LogP contribution in [-0.4, -0.2) is 25.5 Å². The number of carbonyl (C=O) groups excluding carboxylic acids is 2. The van der Waals surface area contributed by atoms with Crippen molar-refractivity contribution in [1.29, 1.82) is 0 Å². The van der Waals surface area contributed by atoms with Crippen LogP contribution in [0.2, 0.25) is 0 Å². The predicted molar refractivity (Wildman–Crippen MR) is 94.4 cm³/mol. The number of anilines is 1.